The largest absolute Gasteiger partial charge is 0.489 e. The number of fused-ring (bicyclic) bond motifs is 2. The molecule has 4 amide bonds. The Hall–Kier alpha value is -7.80. The third-order valence-electron chi connectivity index (χ3n) is 14.0. The molecule has 1 saturated carbocycles. The van der Waals surface area contributed by atoms with Gasteiger partial charge in [0.1, 0.15) is 29.1 Å². The van der Waals surface area contributed by atoms with Crippen molar-refractivity contribution in [2.75, 3.05) is 26.2 Å². The summed E-state index contributed by atoms with van der Waals surface area (Å²) < 4.78 is 45.7. The third-order valence-corrected chi connectivity index (χ3v) is 15.4. The summed E-state index contributed by atoms with van der Waals surface area (Å²) >= 11 is 0. The second-order valence-electron chi connectivity index (χ2n) is 22.4. The summed E-state index contributed by atoms with van der Waals surface area (Å²) in [6, 6.07) is 42.6. The molecule has 0 unspecified atom stereocenters. The first-order chi connectivity index (χ1) is 37.5. The van der Waals surface area contributed by atoms with E-state index in [-0.39, 0.29) is 24.5 Å². The molecule has 0 spiro atoms. The van der Waals surface area contributed by atoms with Gasteiger partial charge < -0.3 is 35.3 Å². The quantitative estimate of drug-likeness (QED) is 0.0574. The van der Waals surface area contributed by atoms with Crippen LogP contribution < -0.4 is 25.4 Å². The van der Waals surface area contributed by atoms with Gasteiger partial charge in [0.15, 0.2) is 0 Å². The molecule has 5 N–H and O–H groups in total. The summed E-state index contributed by atoms with van der Waals surface area (Å²) in [5.41, 5.74) is 0.218. The number of amides is 4. The minimum atomic E-state index is -4.35. The van der Waals surface area contributed by atoms with Crippen molar-refractivity contribution in [3.8, 4) is 5.75 Å². The highest BCUT2D eigenvalue weighted by atomic mass is 32.2. The van der Waals surface area contributed by atoms with Gasteiger partial charge in [-0.3, -0.25) is 24.2 Å². The predicted octanol–water partition coefficient (Wildman–Crippen LogP) is 8.56. The van der Waals surface area contributed by atoms with Gasteiger partial charge in [-0.15, -0.1) is 6.58 Å². The predicted molar refractivity (Wildman–Crippen MR) is 301 cm³/mol. The molecule has 79 heavy (non-hydrogen) atoms. The molecular formula is C61H70N6O11S. The zero-order valence-electron chi connectivity index (χ0n) is 45.4. The van der Waals surface area contributed by atoms with Crippen molar-refractivity contribution in [3.05, 3.63) is 169 Å². The number of nitrogens with one attached hydrogen (secondary N) is 4. The number of likely N-dealkylation sites (tertiary alicyclic amines) is 2. The molecule has 2 aliphatic heterocycles. The Morgan fingerprint density at radius 3 is 1.67 bits per heavy atom. The van der Waals surface area contributed by atoms with Gasteiger partial charge in [-0.05, 0) is 98.3 Å². The van der Waals surface area contributed by atoms with Crippen LogP contribution >= 0.6 is 0 Å². The maximum Gasteiger partial charge on any atom is 0.407 e. The number of carbonyl (C=O) groups is 5. The number of rotatable bonds is 16. The van der Waals surface area contributed by atoms with Gasteiger partial charge in [-0.1, -0.05) is 127 Å². The number of alkyl carbamates (subject to hydrolysis) is 2. The Kier molecular flexibility index (Phi) is 17.5. The van der Waals surface area contributed by atoms with Gasteiger partial charge in [0, 0.05) is 51.3 Å². The lowest BCUT2D eigenvalue weighted by molar-refractivity contribution is -0.141. The first-order valence-corrected chi connectivity index (χ1v) is 27.9. The van der Waals surface area contributed by atoms with Crippen LogP contribution in [0.25, 0.3) is 21.5 Å². The normalized spacial score (nSPS) is 21.2. The maximum absolute atomic E-state index is 14.1. The SMILES string of the molecule is C=C[C@@H]1C[C@]1(NC(=O)[C@@H]1CN(Cc2cccc3ccccc23)C[C@H]1NC(=O)OC(C)(C)C)C(=O)NS(=O)(=O)c1cccc(OCc2ccccc2)c1.CC(C)(C)OC(=O)N[C@@H]1CN(Cc2cccc3ccccc23)C[C@H]1C(=O)O. The van der Waals surface area contributed by atoms with E-state index in [4.69, 9.17) is 14.2 Å². The Balaban J connectivity index is 0.000000255. The number of carboxylic acids is 1. The summed E-state index contributed by atoms with van der Waals surface area (Å²) in [6.07, 6.45) is 0.458. The molecule has 6 aromatic rings. The second kappa shape index (κ2) is 24.1. The summed E-state index contributed by atoms with van der Waals surface area (Å²) in [5, 5.41) is 22.5. The lowest BCUT2D eigenvalue weighted by atomic mass is 10.0. The van der Waals surface area contributed by atoms with Crippen LogP contribution in [0.5, 0.6) is 5.75 Å². The highest BCUT2D eigenvalue weighted by Gasteiger charge is 2.61. The number of hydrogen-bond acceptors (Lipinski definition) is 12. The minimum absolute atomic E-state index is 0.162. The number of aliphatic carboxylic acids is 1. The first-order valence-electron chi connectivity index (χ1n) is 26.4. The number of benzene rings is 6. The van der Waals surface area contributed by atoms with Gasteiger partial charge in [0.25, 0.3) is 15.9 Å². The topological polar surface area (TPSA) is 222 Å². The van der Waals surface area contributed by atoms with E-state index in [1.807, 2.05) is 91.0 Å². The number of nitrogens with zero attached hydrogens (tertiary/aromatic N) is 2. The van der Waals surface area contributed by atoms with E-state index in [1.165, 1.54) is 24.3 Å². The number of carbonyl (C=O) groups excluding carboxylic acids is 4. The standard InChI is InChI=1S/C40H44N4O7S.C21H26N2O4/c1-5-30-22-40(30,37(46)43-52(48,49)32-19-12-18-31(21-32)50-26-27-13-7-6-8-14-27)42-36(45)34-24-44(25-35(34)41-38(47)51-39(2,3)4)23-29-17-11-16-28-15-9-10-20-33(28)29;1-21(2,3)27-20(26)22-18-13-23(12-17(18)19(24)25)11-15-9-6-8-14-7-4-5-10-16(14)15/h5-21,30,34-35H,1,22-26H2,2-4H3,(H,41,47)(H,42,45)(H,43,46);4-10,17-18H,11-13H2,1-3H3,(H,22,26)(H,24,25)/t30-,34-,35-,40-;17-,18-/m11/s1. The molecule has 416 valence electrons. The Morgan fingerprint density at radius 1 is 0.658 bits per heavy atom. The number of ether oxygens (including phenoxy) is 3. The van der Waals surface area contributed by atoms with Gasteiger partial charge in [-0.25, -0.2) is 22.7 Å². The molecule has 6 aromatic carbocycles. The van der Waals surface area contributed by atoms with E-state index in [2.05, 4.69) is 61.3 Å². The highest BCUT2D eigenvalue weighted by molar-refractivity contribution is 7.90. The van der Waals surface area contributed by atoms with Crippen molar-refractivity contribution < 1.29 is 51.7 Å². The molecule has 0 aromatic heterocycles. The van der Waals surface area contributed by atoms with Gasteiger partial charge in [-0.2, -0.15) is 0 Å². The van der Waals surface area contributed by atoms with Gasteiger partial charge >= 0.3 is 18.2 Å². The summed E-state index contributed by atoms with van der Waals surface area (Å²) in [5.74, 6) is -3.89. The number of carboxylic acid groups (broad SMARTS) is 1. The van der Waals surface area contributed by atoms with Crippen molar-refractivity contribution in [1.82, 2.24) is 30.5 Å². The first kappa shape index (κ1) is 57.4. The highest BCUT2D eigenvalue weighted by Crippen LogP contribution is 2.45. The summed E-state index contributed by atoms with van der Waals surface area (Å²) in [6.45, 7) is 17.3. The molecule has 18 heteroatoms. The van der Waals surface area contributed by atoms with Crippen molar-refractivity contribution >= 4 is 61.5 Å². The van der Waals surface area contributed by atoms with Crippen molar-refractivity contribution in [1.29, 1.82) is 0 Å². The monoisotopic (exact) mass is 1090 g/mol. The van der Waals surface area contributed by atoms with Crippen LogP contribution in [-0.4, -0.2) is 108 Å². The average molecular weight is 1100 g/mol. The van der Waals surface area contributed by atoms with Crippen molar-refractivity contribution in [2.45, 2.75) is 101 Å². The Labute approximate surface area is 461 Å². The number of hydrogen-bond donors (Lipinski definition) is 5. The summed E-state index contributed by atoms with van der Waals surface area (Å²) in [4.78, 5) is 68.6. The van der Waals surface area contributed by atoms with Gasteiger partial charge in [0.05, 0.1) is 28.8 Å². The molecule has 2 saturated heterocycles. The van der Waals surface area contributed by atoms with E-state index in [1.54, 1.807) is 47.6 Å². The van der Waals surface area contributed by atoms with Crippen molar-refractivity contribution in [3.63, 3.8) is 0 Å². The van der Waals surface area contributed by atoms with Crippen LogP contribution in [0.1, 0.15) is 64.7 Å². The molecule has 2 heterocycles. The lowest BCUT2D eigenvalue weighted by Crippen LogP contribution is -2.55. The maximum atomic E-state index is 14.1. The molecule has 17 nitrogen and oxygen atoms in total. The van der Waals surface area contributed by atoms with Crippen LogP contribution in [0, 0.1) is 17.8 Å². The molecule has 3 fully saturated rings. The van der Waals surface area contributed by atoms with Crippen LogP contribution in [0.3, 0.4) is 0 Å². The molecule has 1 aliphatic carbocycles. The molecule has 6 atom stereocenters. The number of sulfonamides is 1. The molecular weight excluding hydrogens is 1020 g/mol. The van der Waals surface area contributed by atoms with E-state index in [0.717, 1.165) is 38.2 Å². The smallest absolute Gasteiger partial charge is 0.407 e. The zero-order chi connectivity index (χ0) is 56.7. The van der Waals surface area contributed by atoms with Crippen LogP contribution in [-0.2, 0) is 53.6 Å². The fourth-order valence-electron chi connectivity index (χ4n) is 10.2. The van der Waals surface area contributed by atoms with Crippen molar-refractivity contribution in [2.24, 2.45) is 17.8 Å². The Morgan fingerprint density at radius 2 is 1.15 bits per heavy atom. The van der Waals surface area contributed by atoms with E-state index in [0.29, 0.717) is 38.5 Å². The van der Waals surface area contributed by atoms with Crippen LogP contribution in [0.2, 0.25) is 0 Å². The van der Waals surface area contributed by atoms with Crippen LogP contribution in [0.15, 0.2) is 157 Å². The molecule has 0 bridgehead atoms. The lowest BCUT2D eigenvalue weighted by Gasteiger charge is -2.25. The Bertz CT molecular complexity index is 3310. The van der Waals surface area contributed by atoms with Crippen LogP contribution in [0.4, 0.5) is 9.59 Å². The third kappa shape index (κ3) is 14.9. The average Bonchev–Trinajstić information content (AvgIpc) is 4.01. The van der Waals surface area contributed by atoms with Gasteiger partial charge in [0.2, 0.25) is 5.91 Å². The fraction of sp³-hybridized carbons (Fsp3) is 0.361. The van der Waals surface area contributed by atoms with E-state index >= 15 is 0 Å². The van der Waals surface area contributed by atoms with E-state index < -0.39 is 86.6 Å². The molecule has 9 rings (SSSR count). The minimum Gasteiger partial charge on any atom is -0.489 e. The molecule has 0 radical (unpaired) electrons. The van der Waals surface area contributed by atoms with E-state index in [9.17, 15) is 37.5 Å². The zero-order valence-corrected chi connectivity index (χ0v) is 46.3. The summed E-state index contributed by atoms with van der Waals surface area (Å²) in [7, 11) is -4.35. The second-order valence-corrected chi connectivity index (χ2v) is 24.1. The fourth-order valence-corrected chi connectivity index (χ4v) is 11.3. The molecule has 3 aliphatic rings.